The third kappa shape index (κ3) is 5.14. The summed E-state index contributed by atoms with van der Waals surface area (Å²) in [4.78, 5) is 24.8. The van der Waals surface area contributed by atoms with E-state index in [0.717, 1.165) is 12.1 Å². The largest absolute Gasteiger partial charge is 0.484 e. The number of hydrogen-bond donors (Lipinski definition) is 2. The molecule has 1 aliphatic heterocycles. The zero-order valence-electron chi connectivity index (χ0n) is 18.3. The Bertz CT molecular complexity index is 1270. The van der Waals surface area contributed by atoms with Gasteiger partial charge in [-0.3, -0.25) is 9.59 Å². The van der Waals surface area contributed by atoms with Gasteiger partial charge >= 0.3 is 6.18 Å². The molecule has 10 heteroatoms. The fourth-order valence-electron chi connectivity index (χ4n) is 4.07. The molecule has 0 radical (unpaired) electrons. The van der Waals surface area contributed by atoms with E-state index in [2.05, 4.69) is 5.32 Å². The first-order valence-corrected chi connectivity index (χ1v) is 10.7. The second-order valence-electron chi connectivity index (χ2n) is 8.02. The molecule has 2 aliphatic rings. The monoisotopic (exact) mass is 483 g/mol. The van der Waals surface area contributed by atoms with Gasteiger partial charge in [0, 0.05) is 24.1 Å². The van der Waals surface area contributed by atoms with E-state index in [-0.39, 0.29) is 22.9 Å². The summed E-state index contributed by atoms with van der Waals surface area (Å²) in [5, 5.41) is 12.0. The summed E-state index contributed by atoms with van der Waals surface area (Å²) in [5.74, 6) is -0.618. The fraction of sp³-hybridized carbons (Fsp3) is 0.240. The van der Waals surface area contributed by atoms with Crippen LogP contribution in [0.25, 0.3) is 0 Å². The van der Waals surface area contributed by atoms with E-state index in [4.69, 9.17) is 15.2 Å². The van der Waals surface area contributed by atoms with E-state index < -0.39 is 30.2 Å². The number of benzene rings is 2. The summed E-state index contributed by atoms with van der Waals surface area (Å²) < 4.78 is 49.5. The molecule has 3 N–H and O–H groups in total. The molecule has 1 aliphatic carbocycles. The zero-order valence-corrected chi connectivity index (χ0v) is 18.3. The van der Waals surface area contributed by atoms with E-state index in [0.29, 0.717) is 41.9 Å². The van der Waals surface area contributed by atoms with E-state index in [1.54, 1.807) is 24.3 Å². The van der Waals surface area contributed by atoms with Gasteiger partial charge in [0.1, 0.15) is 23.2 Å². The van der Waals surface area contributed by atoms with Gasteiger partial charge in [0.2, 0.25) is 5.88 Å². The lowest BCUT2D eigenvalue weighted by Gasteiger charge is -2.31. The van der Waals surface area contributed by atoms with Crippen LogP contribution in [0.5, 0.6) is 5.75 Å². The van der Waals surface area contributed by atoms with Gasteiger partial charge in [-0.2, -0.15) is 18.4 Å². The Kier molecular flexibility index (Phi) is 6.51. The number of nitrogens with two attached hydrogens (primary N) is 1. The van der Waals surface area contributed by atoms with Gasteiger partial charge in [0.05, 0.1) is 11.5 Å². The number of allylic oxidation sites excluding steroid dienone is 3. The van der Waals surface area contributed by atoms with Crippen LogP contribution < -0.4 is 15.8 Å². The molecule has 1 atom stereocenters. The molecule has 0 fully saturated rings. The average Bonchev–Trinajstić information content (AvgIpc) is 2.82. The zero-order chi connectivity index (χ0) is 25.2. The third-order valence-electron chi connectivity index (χ3n) is 5.66. The summed E-state index contributed by atoms with van der Waals surface area (Å²) in [6.45, 7) is -0.434. The van der Waals surface area contributed by atoms with Crippen LogP contribution in [0.4, 0.5) is 18.9 Å². The highest BCUT2D eigenvalue weighted by atomic mass is 19.4. The molecule has 1 heterocycles. The van der Waals surface area contributed by atoms with Crippen LogP contribution in [0.15, 0.2) is 71.3 Å². The van der Waals surface area contributed by atoms with Crippen molar-refractivity contribution in [3.05, 3.63) is 82.4 Å². The summed E-state index contributed by atoms with van der Waals surface area (Å²) in [5.41, 5.74) is 6.27. The first-order chi connectivity index (χ1) is 16.7. The SMILES string of the molecule is N#CC1=C(N)OC2=C(C(=O)CCC2)[C@@H]1c1ccc(OCC(=O)Nc2cccc(C(F)(F)F)c2)cc1. The van der Waals surface area contributed by atoms with Crippen LogP contribution >= 0.6 is 0 Å². The number of Topliss-reactive ketones (excluding diaryl/α,β-unsaturated/α-hetero) is 1. The Balaban J connectivity index is 1.45. The van der Waals surface area contributed by atoms with Crippen molar-refractivity contribution in [3.63, 3.8) is 0 Å². The van der Waals surface area contributed by atoms with Crippen LogP contribution in [0, 0.1) is 11.3 Å². The molecular weight excluding hydrogens is 463 g/mol. The maximum atomic E-state index is 12.8. The molecule has 0 spiro atoms. The number of halogens is 3. The number of nitriles is 1. The second-order valence-corrected chi connectivity index (χ2v) is 8.02. The maximum absolute atomic E-state index is 12.8. The normalized spacial score (nSPS) is 17.9. The van der Waals surface area contributed by atoms with Crippen molar-refractivity contribution in [1.82, 2.24) is 0 Å². The number of carbonyl (C=O) groups excluding carboxylic acids is 2. The van der Waals surface area contributed by atoms with Crippen molar-refractivity contribution in [3.8, 4) is 11.8 Å². The summed E-state index contributed by atoms with van der Waals surface area (Å²) in [6, 6.07) is 12.8. The number of alkyl halides is 3. The highest BCUT2D eigenvalue weighted by Crippen LogP contribution is 2.43. The number of carbonyl (C=O) groups is 2. The van der Waals surface area contributed by atoms with Gasteiger partial charge in [0.25, 0.3) is 5.91 Å². The molecule has 0 bridgehead atoms. The van der Waals surface area contributed by atoms with Crippen LogP contribution in [-0.4, -0.2) is 18.3 Å². The maximum Gasteiger partial charge on any atom is 0.416 e. The number of anilines is 1. The number of nitrogens with zero attached hydrogens (tertiary/aromatic N) is 1. The molecule has 0 unspecified atom stereocenters. The van der Waals surface area contributed by atoms with Crippen LogP contribution in [0.3, 0.4) is 0 Å². The summed E-state index contributed by atoms with van der Waals surface area (Å²) >= 11 is 0. The summed E-state index contributed by atoms with van der Waals surface area (Å²) in [6.07, 6.45) is -2.96. The third-order valence-corrected chi connectivity index (χ3v) is 5.66. The number of ether oxygens (including phenoxy) is 2. The standard InChI is InChI=1S/C25H20F3N3O4/c26-25(27,28)15-3-1-4-16(11-15)31-21(33)13-34-17-9-7-14(8-10-17)22-18(12-29)24(30)35-20-6-2-5-19(32)23(20)22/h1,3-4,7-11,22H,2,5-6,13,30H2,(H,31,33)/t22-/m1/s1. The van der Waals surface area contributed by atoms with Gasteiger partial charge in [-0.15, -0.1) is 0 Å². The van der Waals surface area contributed by atoms with E-state index in [1.807, 2.05) is 6.07 Å². The summed E-state index contributed by atoms with van der Waals surface area (Å²) in [7, 11) is 0. The van der Waals surface area contributed by atoms with E-state index >= 15 is 0 Å². The minimum absolute atomic E-state index is 0.00192. The molecular formula is C25H20F3N3O4. The predicted octanol–water partition coefficient (Wildman–Crippen LogP) is 4.54. The number of amides is 1. The van der Waals surface area contributed by atoms with Crippen molar-refractivity contribution >= 4 is 17.4 Å². The molecule has 180 valence electrons. The lowest BCUT2D eigenvalue weighted by atomic mass is 9.77. The number of ketones is 1. The van der Waals surface area contributed by atoms with Crippen molar-refractivity contribution in [2.75, 3.05) is 11.9 Å². The number of hydrogen-bond acceptors (Lipinski definition) is 6. The van der Waals surface area contributed by atoms with E-state index in [9.17, 15) is 28.0 Å². The Morgan fingerprint density at radius 2 is 1.94 bits per heavy atom. The van der Waals surface area contributed by atoms with Gasteiger partial charge in [0.15, 0.2) is 12.4 Å². The fourth-order valence-corrected chi connectivity index (χ4v) is 4.07. The highest BCUT2D eigenvalue weighted by Gasteiger charge is 2.38. The molecule has 4 rings (SSSR count). The first-order valence-electron chi connectivity index (χ1n) is 10.7. The number of nitrogens with one attached hydrogen (secondary N) is 1. The molecule has 35 heavy (non-hydrogen) atoms. The van der Waals surface area contributed by atoms with E-state index in [1.165, 1.54) is 12.1 Å². The first kappa shape index (κ1) is 23.9. The molecule has 2 aromatic carbocycles. The lowest BCUT2D eigenvalue weighted by molar-refractivity contribution is -0.137. The molecule has 7 nitrogen and oxygen atoms in total. The quantitative estimate of drug-likeness (QED) is 0.646. The molecule has 1 amide bonds. The van der Waals surface area contributed by atoms with Gasteiger partial charge < -0.3 is 20.5 Å². The van der Waals surface area contributed by atoms with Crippen molar-refractivity contribution in [2.24, 2.45) is 5.73 Å². The van der Waals surface area contributed by atoms with Crippen molar-refractivity contribution in [1.29, 1.82) is 5.26 Å². The van der Waals surface area contributed by atoms with Crippen LogP contribution in [0.2, 0.25) is 0 Å². The highest BCUT2D eigenvalue weighted by molar-refractivity contribution is 5.99. The van der Waals surface area contributed by atoms with Crippen LogP contribution in [-0.2, 0) is 20.5 Å². The average molecular weight is 483 g/mol. The minimum atomic E-state index is -4.52. The van der Waals surface area contributed by atoms with Crippen LogP contribution in [0.1, 0.15) is 36.3 Å². The Morgan fingerprint density at radius 3 is 2.63 bits per heavy atom. The van der Waals surface area contributed by atoms with Gasteiger partial charge in [-0.25, -0.2) is 0 Å². The Labute approximate surface area is 198 Å². The minimum Gasteiger partial charge on any atom is -0.484 e. The second kappa shape index (κ2) is 9.54. The Hall–Kier alpha value is -4.26. The van der Waals surface area contributed by atoms with Crippen molar-refractivity contribution in [2.45, 2.75) is 31.4 Å². The molecule has 0 aromatic heterocycles. The van der Waals surface area contributed by atoms with Gasteiger partial charge in [-0.1, -0.05) is 18.2 Å². The number of rotatable bonds is 5. The van der Waals surface area contributed by atoms with Gasteiger partial charge in [-0.05, 0) is 42.3 Å². The molecule has 2 aromatic rings. The predicted molar refractivity (Wildman–Crippen MR) is 119 cm³/mol. The topological polar surface area (TPSA) is 114 Å². The molecule has 0 saturated carbocycles. The molecule has 0 saturated heterocycles. The Morgan fingerprint density at radius 1 is 1.20 bits per heavy atom. The lowest BCUT2D eigenvalue weighted by Crippen LogP contribution is -2.27. The smallest absolute Gasteiger partial charge is 0.416 e. The van der Waals surface area contributed by atoms with Crippen molar-refractivity contribution < 1.29 is 32.2 Å².